The van der Waals surface area contributed by atoms with Crippen molar-refractivity contribution < 1.29 is 24.2 Å². The molecular weight excluding hydrogens is 432 g/mol. The molecule has 1 atom stereocenters. The van der Waals surface area contributed by atoms with Gasteiger partial charge < -0.3 is 20.1 Å². The minimum atomic E-state index is -1.32. The molecule has 2 N–H and O–H groups in total. The van der Waals surface area contributed by atoms with Crippen molar-refractivity contribution in [2.24, 2.45) is 5.41 Å². The van der Waals surface area contributed by atoms with Crippen LogP contribution >= 0.6 is 0 Å². The number of amides is 2. The van der Waals surface area contributed by atoms with E-state index in [4.69, 9.17) is 4.74 Å². The lowest BCUT2D eigenvalue weighted by Gasteiger charge is -2.46. The molecule has 2 aliphatic rings. The fourth-order valence-electron chi connectivity index (χ4n) is 5.38. The van der Waals surface area contributed by atoms with Crippen LogP contribution < -0.4 is 5.32 Å². The quantitative estimate of drug-likeness (QED) is 0.684. The lowest BCUT2D eigenvalue weighted by Crippen LogP contribution is -2.64. The summed E-state index contributed by atoms with van der Waals surface area (Å²) in [5.74, 6) is -1.55. The molecule has 180 valence electrons. The zero-order chi connectivity index (χ0) is 24.7. The van der Waals surface area contributed by atoms with E-state index in [1.165, 1.54) is 4.90 Å². The zero-order valence-corrected chi connectivity index (χ0v) is 20.1. The number of rotatable bonds is 5. The van der Waals surface area contributed by atoms with Gasteiger partial charge in [0, 0.05) is 12.5 Å². The fraction of sp³-hybridized carbons (Fsp3) is 0.444. The van der Waals surface area contributed by atoms with Crippen LogP contribution in [0.3, 0.4) is 0 Å². The van der Waals surface area contributed by atoms with E-state index in [9.17, 15) is 19.5 Å². The van der Waals surface area contributed by atoms with Gasteiger partial charge in [-0.25, -0.2) is 9.59 Å². The average molecular weight is 465 g/mol. The molecule has 2 aromatic rings. The van der Waals surface area contributed by atoms with Crippen molar-refractivity contribution in [3.8, 4) is 11.1 Å². The van der Waals surface area contributed by atoms with Crippen molar-refractivity contribution in [3.05, 3.63) is 59.7 Å². The van der Waals surface area contributed by atoms with E-state index >= 15 is 0 Å². The van der Waals surface area contributed by atoms with Gasteiger partial charge >= 0.3 is 12.1 Å². The van der Waals surface area contributed by atoms with Crippen LogP contribution in [-0.2, 0) is 14.3 Å². The number of fused-ring (bicyclic) bond motifs is 3. The number of aliphatic carboxylic acids is 1. The van der Waals surface area contributed by atoms with Crippen LogP contribution in [0.5, 0.6) is 0 Å². The maximum atomic E-state index is 13.3. The van der Waals surface area contributed by atoms with E-state index in [2.05, 4.69) is 17.4 Å². The lowest BCUT2D eigenvalue weighted by molar-refractivity contribution is -0.161. The Morgan fingerprint density at radius 1 is 1.06 bits per heavy atom. The largest absolute Gasteiger partial charge is 0.480 e. The van der Waals surface area contributed by atoms with Gasteiger partial charge in [0.15, 0.2) is 0 Å². The van der Waals surface area contributed by atoms with Gasteiger partial charge in [0.05, 0.1) is 0 Å². The first-order valence-electron chi connectivity index (χ1n) is 11.7. The van der Waals surface area contributed by atoms with Crippen molar-refractivity contribution in [2.45, 2.75) is 58.0 Å². The molecule has 1 aliphatic heterocycles. The van der Waals surface area contributed by atoms with Crippen LogP contribution in [0.4, 0.5) is 4.79 Å². The van der Waals surface area contributed by atoms with Crippen LogP contribution in [0.25, 0.3) is 11.1 Å². The molecule has 7 nitrogen and oxygen atoms in total. The van der Waals surface area contributed by atoms with Crippen molar-refractivity contribution >= 4 is 18.0 Å². The molecule has 2 aromatic carbocycles. The summed E-state index contributed by atoms with van der Waals surface area (Å²) in [7, 11) is 0. The lowest BCUT2D eigenvalue weighted by atomic mass is 9.75. The number of carboxylic acids is 1. The SMILES string of the molecule is CC(C)(NC(=O)OCC1c2ccccc2-c2ccccc21)C(=O)N1CCCC(C)(C)C1C(=O)O. The Bertz CT molecular complexity index is 1080. The Kier molecular flexibility index (Phi) is 6.14. The fourth-order valence-corrected chi connectivity index (χ4v) is 5.38. The predicted octanol–water partition coefficient (Wildman–Crippen LogP) is 4.41. The van der Waals surface area contributed by atoms with E-state index in [0.717, 1.165) is 22.3 Å². The second kappa shape index (κ2) is 8.78. The Hall–Kier alpha value is -3.35. The molecule has 1 heterocycles. The third kappa shape index (κ3) is 4.27. The highest BCUT2D eigenvalue weighted by Gasteiger charge is 2.48. The van der Waals surface area contributed by atoms with Gasteiger partial charge in [-0.15, -0.1) is 0 Å². The van der Waals surface area contributed by atoms with Crippen LogP contribution in [0.15, 0.2) is 48.5 Å². The number of carbonyl (C=O) groups is 3. The summed E-state index contributed by atoms with van der Waals surface area (Å²) in [6, 6.07) is 15.2. The molecule has 1 aliphatic carbocycles. The average Bonchev–Trinajstić information content (AvgIpc) is 3.09. The smallest absolute Gasteiger partial charge is 0.408 e. The van der Waals surface area contributed by atoms with Crippen LogP contribution in [0, 0.1) is 5.41 Å². The Balaban J connectivity index is 1.45. The summed E-state index contributed by atoms with van der Waals surface area (Å²) in [6.07, 6.45) is 0.723. The van der Waals surface area contributed by atoms with E-state index < -0.39 is 35.0 Å². The number of carboxylic acid groups (broad SMARTS) is 1. The summed E-state index contributed by atoms with van der Waals surface area (Å²) in [5, 5.41) is 12.5. The van der Waals surface area contributed by atoms with E-state index in [1.807, 2.05) is 50.2 Å². The van der Waals surface area contributed by atoms with Crippen LogP contribution in [0.1, 0.15) is 57.6 Å². The number of piperidine rings is 1. The minimum absolute atomic E-state index is 0.0868. The van der Waals surface area contributed by atoms with Crippen molar-refractivity contribution in [1.82, 2.24) is 10.2 Å². The number of benzene rings is 2. The molecule has 34 heavy (non-hydrogen) atoms. The molecule has 1 saturated heterocycles. The van der Waals surface area contributed by atoms with Crippen molar-refractivity contribution in [2.75, 3.05) is 13.2 Å². The highest BCUT2D eigenvalue weighted by Crippen LogP contribution is 2.44. The molecule has 0 bridgehead atoms. The standard InChI is InChI=1S/C27H32N2O5/c1-26(2)14-9-15-29(22(26)23(30)31)24(32)27(3,4)28-25(33)34-16-21-19-12-7-5-10-17(19)18-11-6-8-13-20(18)21/h5-8,10-13,21-22H,9,14-16H2,1-4H3,(H,28,33)(H,30,31). The van der Waals surface area contributed by atoms with Gasteiger partial charge in [0.2, 0.25) is 5.91 Å². The molecule has 1 fully saturated rings. The highest BCUT2D eigenvalue weighted by atomic mass is 16.5. The molecular formula is C27H32N2O5. The number of carbonyl (C=O) groups excluding carboxylic acids is 2. The number of hydrogen-bond acceptors (Lipinski definition) is 4. The molecule has 7 heteroatoms. The van der Waals surface area contributed by atoms with Gasteiger partial charge in [-0.3, -0.25) is 4.79 Å². The number of hydrogen-bond donors (Lipinski definition) is 2. The third-order valence-corrected chi connectivity index (χ3v) is 7.06. The molecule has 2 amide bonds. The van der Waals surface area contributed by atoms with Gasteiger partial charge in [-0.1, -0.05) is 62.4 Å². The maximum Gasteiger partial charge on any atom is 0.408 e. The number of likely N-dealkylation sites (tertiary alicyclic amines) is 1. The van der Waals surface area contributed by atoms with Crippen molar-refractivity contribution in [1.29, 1.82) is 0 Å². The molecule has 0 aromatic heterocycles. The normalized spacial score (nSPS) is 19.2. The van der Waals surface area contributed by atoms with E-state index in [0.29, 0.717) is 19.4 Å². The number of nitrogens with zero attached hydrogens (tertiary/aromatic N) is 1. The second-order valence-electron chi connectivity index (χ2n) is 10.4. The molecule has 0 saturated carbocycles. The first-order valence-corrected chi connectivity index (χ1v) is 11.7. The number of alkyl carbamates (subject to hydrolysis) is 1. The summed E-state index contributed by atoms with van der Waals surface area (Å²) < 4.78 is 5.59. The summed E-state index contributed by atoms with van der Waals surface area (Å²) in [4.78, 5) is 39.5. The minimum Gasteiger partial charge on any atom is -0.480 e. The highest BCUT2D eigenvalue weighted by molar-refractivity contribution is 5.92. The molecule has 0 spiro atoms. The van der Waals surface area contributed by atoms with Gasteiger partial charge in [-0.05, 0) is 54.4 Å². The Morgan fingerprint density at radius 2 is 1.62 bits per heavy atom. The monoisotopic (exact) mass is 464 g/mol. The van der Waals surface area contributed by atoms with Crippen molar-refractivity contribution in [3.63, 3.8) is 0 Å². The van der Waals surface area contributed by atoms with Crippen LogP contribution in [0.2, 0.25) is 0 Å². The summed E-state index contributed by atoms with van der Waals surface area (Å²) in [6.45, 7) is 7.36. The van der Waals surface area contributed by atoms with E-state index in [-0.39, 0.29) is 12.5 Å². The topological polar surface area (TPSA) is 95.9 Å². The number of nitrogens with one attached hydrogen (secondary N) is 1. The summed E-state index contributed by atoms with van der Waals surface area (Å²) in [5.41, 5.74) is 2.60. The molecule has 0 radical (unpaired) electrons. The Labute approximate surface area is 200 Å². The second-order valence-corrected chi connectivity index (χ2v) is 10.4. The Morgan fingerprint density at radius 3 is 2.18 bits per heavy atom. The van der Waals surface area contributed by atoms with Gasteiger partial charge in [0.25, 0.3) is 0 Å². The zero-order valence-electron chi connectivity index (χ0n) is 20.1. The number of ether oxygens (including phenoxy) is 1. The third-order valence-electron chi connectivity index (χ3n) is 7.06. The van der Waals surface area contributed by atoms with Gasteiger partial charge in [0.1, 0.15) is 18.2 Å². The summed E-state index contributed by atoms with van der Waals surface area (Å²) >= 11 is 0. The maximum absolute atomic E-state index is 13.3. The molecule has 4 rings (SSSR count). The van der Waals surface area contributed by atoms with Gasteiger partial charge in [-0.2, -0.15) is 0 Å². The van der Waals surface area contributed by atoms with E-state index in [1.54, 1.807) is 13.8 Å². The molecule has 1 unspecified atom stereocenters. The van der Waals surface area contributed by atoms with Crippen LogP contribution in [-0.4, -0.2) is 52.7 Å². The first-order chi connectivity index (χ1) is 16.0. The predicted molar refractivity (Wildman–Crippen MR) is 128 cm³/mol. The first kappa shape index (κ1) is 23.8.